The molecule has 0 saturated carbocycles. The Bertz CT molecular complexity index is 509. The Morgan fingerprint density at radius 3 is 3.29 bits per heavy atom. The number of H-pyrrole nitrogens is 1. The van der Waals surface area contributed by atoms with Gasteiger partial charge in [0, 0.05) is 12.7 Å². The number of aryl methyl sites for hydroxylation is 1. The van der Waals surface area contributed by atoms with Crippen LogP contribution in [0.5, 0.6) is 0 Å². The Kier molecular flexibility index (Phi) is 2.45. The lowest BCUT2D eigenvalue weighted by Gasteiger charge is -2.00. The lowest BCUT2D eigenvalue weighted by Crippen LogP contribution is -1.96. The zero-order valence-electron chi connectivity index (χ0n) is 7.73. The molecule has 0 aliphatic carbocycles. The minimum atomic E-state index is 0.745. The van der Waals surface area contributed by atoms with Crippen molar-refractivity contribution in [3.63, 3.8) is 0 Å². The molecule has 2 heterocycles. The van der Waals surface area contributed by atoms with Gasteiger partial charge in [0.1, 0.15) is 0 Å². The Balaban J connectivity index is 2.56. The SMILES string of the molecule is C=CCCn1c(=S)[nH]c2ccncc21. The predicted octanol–water partition coefficient (Wildman–Crippen LogP) is 2.67. The van der Waals surface area contributed by atoms with E-state index in [1.165, 1.54) is 0 Å². The van der Waals surface area contributed by atoms with Crippen molar-refractivity contribution in [2.75, 3.05) is 0 Å². The topological polar surface area (TPSA) is 33.6 Å². The van der Waals surface area contributed by atoms with Crippen molar-refractivity contribution in [3.8, 4) is 0 Å². The number of aromatic amines is 1. The first-order valence-electron chi connectivity index (χ1n) is 4.46. The number of hydrogen-bond acceptors (Lipinski definition) is 2. The van der Waals surface area contributed by atoms with E-state index in [0.29, 0.717) is 0 Å². The van der Waals surface area contributed by atoms with Gasteiger partial charge in [-0.3, -0.25) is 4.98 Å². The van der Waals surface area contributed by atoms with E-state index in [9.17, 15) is 0 Å². The van der Waals surface area contributed by atoms with Crippen LogP contribution in [0.3, 0.4) is 0 Å². The summed E-state index contributed by atoms with van der Waals surface area (Å²) in [6.07, 6.45) is 6.38. The van der Waals surface area contributed by atoms with Gasteiger partial charge in [0.2, 0.25) is 0 Å². The summed E-state index contributed by atoms with van der Waals surface area (Å²) in [5.41, 5.74) is 2.09. The molecular weight excluding hydrogens is 194 g/mol. The van der Waals surface area contributed by atoms with E-state index in [2.05, 4.69) is 16.5 Å². The summed E-state index contributed by atoms with van der Waals surface area (Å²) in [7, 11) is 0. The summed E-state index contributed by atoms with van der Waals surface area (Å²) in [6.45, 7) is 4.55. The van der Waals surface area contributed by atoms with E-state index < -0.39 is 0 Å². The molecule has 0 fully saturated rings. The van der Waals surface area contributed by atoms with Crippen LogP contribution in [-0.4, -0.2) is 14.5 Å². The first kappa shape index (κ1) is 9.15. The summed E-state index contributed by atoms with van der Waals surface area (Å²) < 4.78 is 2.79. The molecule has 0 aliphatic rings. The van der Waals surface area contributed by atoms with E-state index in [1.807, 2.05) is 22.9 Å². The second-order valence-electron chi connectivity index (χ2n) is 3.05. The van der Waals surface area contributed by atoms with Crippen LogP contribution in [-0.2, 0) is 6.54 Å². The van der Waals surface area contributed by atoms with E-state index in [0.717, 1.165) is 28.8 Å². The van der Waals surface area contributed by atoms with Gasteiger partial charge in [0.05, 0.1) is 17.2 Å². The number of fused-ring (bicyclic) bond motifs is 1. The maximum Gasteiger partial charge on any atom is 0.178 e. The molecule has 3 nitrogen and oxygen atoms in total. The van der Waals surface area contributed by atoms with Crippen LogP contribution in [0.4, 0.5) is 0 Å². The van der Waals surface area contributed by atoms with Gasteiger partial charge < -0.3 is 9.55 Å². The number of imidazole rings is 1. The molecule has 0 unspecified atom stereocenters. The highest BCUT2D eigenvalue weighted by Gasteiger charge is 2.01. The molecule has 2 aromatic rings. The number of aromatic nitrogens is 3. The lowest BCUT2D eigenvalue weighted by molar-refractivity contribution is 0.720. The highest BCUT2D eigenvalue weighted by atomic mass is 32.1. The molecule has 72 valence electrons. The molecule has 1 N–H and O–H groups in total. The van der Waals surface area contributed by atoms with Crippen molar-refractivity contribution in [2.45, 2.75) is 13.0 Å². The molecule has 0 spiro atoms. The second-order valence-corrected chi connectivity index (χ2v) is 3.44. The number of nitrogens with zero attached hydrogens (tertiary/aromatic N) is 2. The summed E-state index contributed by atoms with van der Waals surface area (Å²) in [6, 6.07) is 1.93. The number of nitrogens with one attached hydrogen (secondary N) is 1. The molecule has 0 bridgehead atoms. The van der Waals surface area contributed by atoms with Gasteiger partial charge in [0.25, 0.3) is 0 Å². The monoisotopic (exact) mass is 205 g/mol. The maximum absolute atomic E-state index is 5.21. The standard InChI is InChI=1S/C10H11N3S/c1-2-3-6-13-9-7-11-5-4-8(9)12-10(13)14/h2,4-5,7H,1,3,6H2,(H,12,14). The Labute approximate surface area is 87.1 Å². The molecule has 0 aromatic carbocycles. The first-order chi connectivity index (χ1) is 6.83. The van der Waals surface area contributed by atoms with Crippen molar-refractivity contribution in [2.24, 2.45) is 0 Å². The molecule has 14 heavy (non-hydrogen) atoms. The molecule has 0 atom stereocenters. The zero-order valence-corrected chi connectivity index (χ0v) is 8.55. The van der Waals surface area contributed by atoms with Crippen LogP contribution in [0.25, 0.3) is 11.0 Å². The number of rotatable bonds is 3. The van der Waals surface area contributed by atoms with Crippen molar-refractivity contribution in [3.05, 3.63) is 35.9 Å². The van der Waals surface area contributed by atoms with Crippen LogP contribution in [0, 0.1) is 4.77 Å². The van der Waals surface area contributed by atoms with Crippen LogP contribution >= 0.6 is 12.2 Å². The van der Waals surface area contributed by atoms with Crippen LogP contribution in [0.2, 0.25) is 0 Å². The van der Waals surface area contributed by atoms with Crippen molar-refractivity contribution in [1.82, 2.24) is 14.5 Å². The van der Waals surface area contributed by atoms with Gasteiger partial charge >= 0.3 is 0 Å². The third kappa shape index (κ3) is 1.48. The quantitative estimate of drug-likeness (QED) is 0.617. The number of pyridine rings is 1. The van der Waals surface area contributed by atoms with E-state index in [1.54, 1.807) is 6.20 Å². The second kappa shape index (κ2) is 3.75. The van der Waals surface area contributed by atoms with Gasteiger partial charge in [-0.2, -0.15) is 0 Å². The Morgan fingerprint density at radius 2 is 2.50 bits per heavy atom. The summed E-state index contributed by atoms with van der Waals surface area (Å²) in [4.78, 5) is 7.22. The Hall–Kier alpha value is -1.42. The normalized spacial score (nSPS) is 10.6. The average Bonchev–Trinajstić information content (AvgIpc) is 2.51. The van der Waals surface area contributed by atoms with Crippen LogP contribution in [0.1, 0.15) is 6.42 Å². The van der Waals surface area contributed by atoms with E-state index >= 15 is 0 Å². The molecule has 0 radical (unpaired) electrons. The molecule has 4 heteroatoms. The third-order valence-electron chi connectivity index (χ3n) is 2.13. The fourth-order valence-electron chi connectivity index (χ4n) is 1.44. The van der Waals surface area contributed by atoms with Gasteiger partial charge in [-0.25, -0.2) is 0 Å². The maximum atomic E-state index is 5.21. The molecular formula is C10H11N3S. The minimum Gasteiger partial charge on any atom is -0.330 e. The molecule has 2 aromatic heterocycles. The van der Waals surface area contributed by atoms with Gasteiger partial charge in [-0.15, -0.1) is 6.58 Å². The number of allylic oxidation sites excluding steroid dienone is 1. The fourth-order valence-corrected chi connectivity index (χ4v) is 1.74. The molecule has 0 amide bonds. The van der Waals surface area contributed by atoms with Gasteiger partial charge in [0.15, 0.2) is 4.77 Å². The van der Waals surface area contributed by atoms with Crippen molar-refractivity contribution < 1.29 is 0 Å². The smallest absolute Gasteiger partial charge is 0.178 e. The number of hydrogen-bond donors (Lipinski definition) is 1. The summed E-state index contributed by atoms with van der Waals surface area (Å²) in [5, 5.41) is 0. The van der Waals surface area contributed by atoms with Crippen LogP contribution < -0.4 is 0 Å². The summed E-state index contributed by atoms with van der Waals surface area (Å²) in [5.74, 6) is 0. The van der Waals surface area contributed by atoms with Crippen LogP contribution in [0.15, 0.2) is 31.1 Å². The summed E-state index contributed by atoms with van der Waals surface area (Å²) >= 11 is 5.21. The Morgan fingerprint density at radius 1 is 1.64 bits per heavy atom. The molecule has 0 aliphatic heterocycles. The van der Waals surface area contributed by atoms with E-state index in [4.69, 9.17) is 12.2 Å². The highest BCUT2D eigenvalue weighted by Crippen LogP contribution is 2.12. The average molecular weight is 205 g/mol. The third-order valence-corrected chi connectivity index (χ3v) is 2.46. The molecule has 2 rings (SSSR count). The van der Waals surface area contributed by atoms with E-state index in [-0.39, 0.29) is 0 Å². The minimum absolute atomic E-state index is 0.745. The zero-order chi connectivity index (χ0) is 9.97. The van der Waals surface area contributed by atoms with Crippen molar-refractivity contribution in [1.29, 1.82) is 0 Å². The molecule has 0 saturated heterocycles. The van der Waals surface area contributed by atoms with Crippen molar-refractivity contribution >= 4 is 23.3 Å². The fraction of sp³-hybridized carbons (Fsp3) is 0.200. The largest absolute Gasteiger partial charge is 0.330 e. The first-order valence-corrected chi connectivity index (χ1v) is 4.87. The van der Waals surface area contributed by atoms with Gasteiger partial charge in [-0.05, 0) is 24.7 Å². The van der Waals surface area contributed by atoms with Gasteiger partial charge in [-0.1, -0.05) is 6.08 Å². The predicted molar refractivity (Wildman–Crippen MR) is 59.7 cm³/mol. The highest BCUT2D eigenvalue weighted by molar-refractivity contribution is 7.71. The lowest BCUT2D eigenvalue weighted by atomic mass is 10.4.